The number of nitrogens with zero attached hydrogens (tertiary/aromatic N) is 6. The van der Waals surface area contributed by atoms with Crippen LogP contribution >= 0.6 is 0 Å². The molecule has 6 nitrogen and oxygen atoms in total. The van der Waals surface area contributed by atoms with Crippen molar-refractivity contribution in [2.45, 2.75) is 0 Å². The molecule has 148 valence electrons. The maximum atomic E-state index is 5.01. The van der Waals surface area contributed by atoms with E-state index in [4.69, 9.17) is 9.97 Å². The van der Waals surface area contributed by atoms with Crippen LogP contribution in [0.3, 0.4) is 0 Å². The number of imidazole rings is 2. The summed E-state index contributed by atoms with van der Waals surface area (Å²) in [6, 6.07) is 24.1. The van der Waals surface area contributed by atoms with Crippen LogP contribution in [0.4, 0.5) is 0 Å². The second-order valence-corrected chi connectivity index (χ2v) is 8.98. The first-order chi connectivity index (χ1) is 15.4. The molecule has 0 aliphatic heterocycles. The molecule has 0 saturated heterocycles. The van der Waals surface area contributed by atoms with Gasteiger partial charge in [0.05, 0.1) is 0 Å². The number of rotatable bonds is 4. The van der Waals surface area contributed by atoms with E-state index < -0.39 is 0 Å². The zero-order valence-corrected chi connectivity index (χ0v) is 18.0. The molecule has 0 N–H and O–H groups in total. The van der Waals surface area contributed by atoms with Gasteiger partial charge < -0.3 is 0 Å². The molecular weight excluding hydrogens is 451 g/mol. The molecule has 6 aromatic heterocycles. The molecular formula is C24H16N6Se. The van der Waals surface area contributed by atoms with Gasteiger partial charge in [0.1, 0.15) is 0 Å². The zero-order chi connectivity index (χ0) is 20.6. The van der Waals surface area contributed by atoms with Gasteiger partial charge >= 0.3 is 185 Å². The van der Waals surface area contributed by atoms with Gasteiger partial charge in [-0.15, -0.1) is 0 Å². The van der Waals surface area contributed by atoms with Crippen molar-refractivity contribution in [2.75, 3.05) is 0 Å². The number of pyridine rings is 4. The summed E-state index contributed by atoms with van der Waals surface area (Å²) in [5, 5.41) is 0. The Hall–Kier alpha value is -3.80. The number of hydrogen-bond donors (Lipinski definition) is 0. The van der Waals surface area contributed by atoms with Gasteiger partial charge in [-0.2, -0.15) is 0 Å². The number of hydrogen-bond acceptors (Lipinski definition) is 4. The van der Waals surface area contributed by atoms with Crippen molar-refractivity contribution in [2.24, 2.45) is 0 Å². The molecule has 7 heteroatoms. The zero-order valence-electron chi connectivity index (χ0n) is 16.3. The van der Waals surface area contributed by atoms with Crippen molar-refractivity contribution in [3.63, 3.8) is 0 Å². The summed E-state index contributed by atoms with van der Waals surface area (Å²) in [5.74, 6) is 1.70. The first-order valence-electron chi connectivity index (χ1n) is 9.83. The molecule has 0 atom stereocenters. The van der Waals surface area contributed by atoms with E-state index in [1.807, 2.05) is 73.1 Å². The summed E-state index contributed by atoms with van der Waals surface area (Å²) in [5.41, 5.74) is 3.88. The van der Waals surface area contributed by atoms with Crippen LogP contribution in [0, 0.1) is 0 Å². The van der Waals surface area contributed by atoms with Crippen molar-refractivity contribution in [1.82, 2.24) is 28.7 Å². The molecule has 0 unspecified atom stereocenters. The fourth-order valence-electron chi connectivity index (χ4n) is 3.61. The summed E-state index contributed by atoms with van der Waals surface area (Å²) >= 11 is -0.0979. The fourth-order valence-corrected chi connectivity index (χ4v) is 5.69. The Labute approximate surface area is 184 Å². The third kappa shape index (κ3) is 3.11. The third-order valence-corrected chi connectivity index (χ3v) is 7.08. The summed E-state index contributed by atoms with van der Waals surface area (Å²) in [7, 11) is 0. The average molecular weight is 467 g/mol. The van der Waals surface area contributed by atoms with Crippen molar-refractivity contribution < 1.29 is 0 Å². The van der Waals surface area contributed by atoms with Gasteiger partial charge in [-0.1, -0.05) is 0 Å². The monoisotopic (exact) mass is 468 g/mol. The van der Waals surface area contributed by atoms with E-state index in [1.165, 1.54) is 0 Å². The second-order valence-electron chi connectivity index (χ2n) is 6.92. The molecule has 0 aromatic carbocycles. The Morgan fingerprint density at radius 2 is 1.03 bits per heavy atom. The van der Waals surface area contributed by atoms with E-state index in [-0.39, 0.29) is 15.0 Å². The summed E-state index contributed by atoms with van der Waals surface area (Å²) in [6.07, 6.45) is 7.67. The van der Waals surface area contributed by atoms with E-state index in [1.54, 1.807) is 12.4 Å². The molecule has 6 rings (SSSR count). The molecule has 0 radical (unpaired) electrons. The van der Waals surface area contributed by atoms with Crippen molar-refractivity contribution >= 4 is 35.2 Å². The topological polar surface area (TPSA) is 60.4 Å². The molecule has 0 aliphatic carbocycles. The Balaban J connectivity index is 1.51. The molecule has 0 aliphatic rings. The SMILES string of the molecule is c1ccc(-c2nc([Se]c3nc(-c4ccccn4)n4ccccc34)c3ccccn23)nc1. The van der Waals surface area contributed by atoms with Crippen LogP contribution in [-0.2, 0) is 0 Å². The van der Waals surface area contributed by atoms with E-state index in [0.717, 1.165) is 43.3 Å². The van der Waals surface area contributed by atoms with Crippen molar-refractivity contribution in [3.05, 3.63) is 97.6 Å². The molecule has 31 heavy (non-hydrogen) atoms. The van der Waals surface area contributed by atoms with Gasteiger partial charge in [0.25, 0.3) is 0 Å². The minimum atomic E-state index is -0.0979. The summed E-state index contributed by atoms with van der Waals surface area (Å²) < 4.78 is 6.28. The Morgan fingerprint density at radius 3 is 1.48 bits per heavy atom. The van der Waals surface area contributed by atoms with Gasteiger partial charge in [0.15, 0.2) is 0 Å². The van der Waals surface area contributed by atoms with Crippen molar-refractivity contribution in [3.8, 4) is 23.0 Å². The Bertz CT molecular complexity index is 1390. The number of fused-ring (bicyclic) bond motifs is 2. The van der Waals surface area contributed by atoms with E-state index >= 15 is 0 Å². The van der Waals surface area contributed by atoms with Gasteiger partial charge in [-0.05, 0) is 0 Å². The molecule has 0 amide bonds. The van der Waals surface area contributed by atoms with Crippen LogP contribution in [0.15, 0.2) is 97.6 Å². The summed E-state index contributed by atoms with van der Waals surface area (Å²) in [4.78, 5) is 19.0. The molecule has 6 heterocycles. The number of aromatic nitrogens is 6. The molecule has 0 bridgehead atoms. The minimum absolute atomic E-state index is 0.0979. The molecule has 0 spiro atoms. The van der Waals surface area contributed by atoms with Crippen LogP contribution in [0.5, 0.6) is 0 Å². The van der Waals surface area contributed by atoms with Crippen LogP contribution in [0.25, 0.3) is 34.1 Å². The second kappa shape index (κ2) is 7.47. The van der Waals surface area contributed by atoms with Crippen LogP contribution in [0.2, 0.25) is 0 Å². The van der Waals surface area contributed by atoms with E-state index in [2.05, 4.69) is 30.9 Å². The molecule has 0 fully saturated rings. The summed E-state index contributed by atoms with van der Waals surface area (Å²) in [6.45, 7) is 0. The average Bonchev–Trinajstić information content (AvgIpc) is 3.40. The maximum absolute atomic E-state index is 5.01. The predicted molar refractivity (Wildman–Crippen MR) is 122 cm³/mol. The standard InChI is InChI=1S/C24H16N6Se/c1-5-13-25-17(9-1)21-27-23(19-11-3-7-15-29(19)21)31-24-20-12-4-8-16-30(20)22(28-24)18-10-2-6-14-26-18/h1-16H. The van der Waals surface area contributed by atoms with Crippen LogP contribution in [0.1, 0.15) is 0 Å². The first-order valence-corrected chi connectivity index (χ1v) is 11.5. The Kier molecular flexibility index (Phi) is 4.34. The van der Waals surface area contributed by atoms with Crippen molar-refractivity contribution in [1.29, 1.82) is 0 Å². The van der Waals surface area contributed by atoms with Gasteiger partial charge in [0, 0.05) is 0 Å². The van der Waals surface area contributed by atoms with Gasteiger partial charge in [-0.3, -0.25) is 0 Å². The molecule has 0 saturated carbocycles. The third-order valence-electron chi connectivity index (χ3n) is 5.01. The molecule has 6 aromatic rings. The van der Waals surface area contributed by atoms with Gasteiger partial charge in [0.2, 0.25) is 0 Å². The predicted octanol–water partition coefficient (Wildman–Crippen LogP) is 2.76. The van der Waals surface area contributed by atoms with Crippen LogP contribution in [-0.4, -0.2) is 43.7 Å². The van der Waals surface area contributed by atoms with E-state index in [0.29, 0.717) is 0 Å². The first kappa shape index (κ1) is 18.0. The van der Waals surface area contributed by atoms with E-state index in [9.17, 15) is 0 Å². The van der Waals surface area contributed by atoms with Gasteiger partial charge in [-0.25, -0.2) is 0 Å². The normalized spacial score (nSPS) is 11.4. The Morgan fingerprint density at radius 1 is 0.548 bits per heavy atom. The van der Waals surface area contributed by atoms with Crippen LogP contribution < -0.4 is 9.18 Å². The fraction of sp³-hybridized carbons (Fsp3) is 0. The quantitative estimate of drug-likeness (QED) is 0.374.